The second-order valence-electron chi connectivity index (χ2n) is 6.18. The summed E-state index contributed by atoms with van der Waals surface area (Å²) in [6.07, 6.45) is 0. The van der Waals surface area contributed by atoms with Crippen molar-refractivity contribution in [3.63, 3.8) is 0 Å². The number of benzene rings is 2. The number of nitrogens with zero attached hydrogens (tertiary/aromatic N) is 2. The Hall–Kier alpha value is -2.00. The van der Waals surface area contributed by atoms with E-state index >= 15 is 0 Å². The first kappa shape index (κ1) is 18.8. The molecule has 0 bridgehead atoms. The van der Waals surface area contributed by atoms with Crippen molar-refractivity contribution in [1.29, 1.82) is 0 Å². The number of piperazine rings is 1. The van der Waals surface area contributed by atoms with Crippen molar-refractivity contribution in [3.05, 3.63) is 69.2 Å². The van der Waals surface area contributed by atoms with Gasteiger partial charge in [0.25, 0.3) is 5.69 Å². The highest BCUT2D eigenvalue weighted by atomic mass is 35.5. The number of quaternary nitrogens is 1. The quantitative estimate of drug-likeness (QED) is 0.610. The average Bonchev–Trinajstić information content (AvgIpc) is 2.63. The first-order valence-corrected chi connectivity index (χ1v) is 10.0. The maximum Gasteiger partial charge on any atom is 0.269 e. The highest BCUT2D eigenvalue weighted by Crippen LogP contribution is 2.24. The van der Waals surface area contributed by atoms with Gasteiger partial charge in [0, 0.05) is 17.7 Å². The molecule has 1 aliphatic rings. The van der Waals surface area contributed by atoms with Crippen LogP contribution in [0, 0.1) is 10.1 Å². The summed E-state index contributed by atoms with van der Waals surface area (Å²) in [5.74, 6) is 0. The Balaban J connectivity index is 1.62. The number of rotatable bonds is 5. The minimum atomic E-state index is -3.59. The second kappa shape index (κ2) is 7.71. The Kier molecular flexibility index (Phi) is 5.57. The monoisotopic (exact) mass is 396 g/mol. The Morgan fingerprint density at radius 2 is 1.69 bits per heavy atom. The lowest BCUT2D eigenvalue weighted by molar-refractivity contribution is -0.917. The van der Waals surface area contributed by atoms with E-state index in [1.165, 1.54) is 27.4 Å². The number of nitro groups is 1. The molecule has 0 aromatic heterocycles. The fraction of sp³-hybridized carbons (Fsp3) is 0.294. The van der Waals surface area contributed by atoms with Crippen LogP contribution in [0.25, 0.3) is 0 Å². The second-order valence-corrected chi connectivity index (χ2v) is 8.50. The largest absolute Gasteiger partial charge is 0.329 e. The summed E-state index contributed by atoms with van der Waals surface area (Å²) in [5, 5.41) is 10.9. The number of hydrogen-bond donors (Lipinski definition) is 1. The zero-order valence-corrected chi connectivity index (χ0v) is 15.5. The first-order chi connectivity index (χ1) is 12.4. The van der Waals surface area contributed by atoms with Gasteiger partial charge in [0.2, 0.25) is 10.0 Å². The minimum Gasteiger partial charge on any atom is -0.329 e. The molecule has 1 fully saturated rings. The summed E-state index contributed by atoms with van der Waals surface area (Å²) >= 11 is 6.04. The SMILES string of the molecule is O=[N+]([O-])c1ccc(C[NH+]2CCN(S(=O)(=O)c3ccccc3Cl)CC2)cc1. The molecule has 3 rings (SSSR count). The van der Waals surface area contributed by atoms with E-state index in [1.807, 2.05) is 0 Å². The molecule has 7 nitrogen and oxygen atoms in total. The minimum absolute atomic E-state index is 0.0689. The Morgan fingerprint density at radius 1 is 1.08 bits per heavy atom. The van der Waals surface area contributed by atoms with E-state index < -0.39 is 14.9 Å². The summed E-state index contributed by atoms with van der Waals surface area (Å²) < 4.78 is 27.0. The molecule has 138 valence electrons. The smallest absolute Gasteiger partial charge is 0.269 e. The normalized spacial score (nSPS) is 16.5. The van der Waals surface area contributed by atoms with E-state index in [4.69, 9.17) is 11.6 Å². The molecule has 0 aliphatic carbocycles. The van der Waals surface area contributed by atoms with E-state index in [2.05, 4.69) is 0 Å². The van der Waals surface area contributed by atoms with Crippen LogP contribution in [0.15, 0.2) is 53.4 Å². The van der Waals surface area contributed by atoms with Crippen molar-refractivity contribution in [2.45, 2.75) is 11.4 Å². The van der Waals surface area contributed by atoms with Crippen molar-refractivity contribution in [2.24, 2.45) is 0 Å². The third-order valence-corrected chi connectivity index (χ3v) is 6.88. The van der Waals surface area contributed by atoms with Gasteiger partial charge in [-0.2, -0.15) is 4.31 Å². The van der Waals surface area contributed by atoms with Gasteiger partial charge in [-0.15, -0.1) is 0 Å². The fourth-order valence-electron chi connectivity index (χ4n) is 3.04. The van der Waals surface area contributed by atoms with Gasteiger partial charge < -0.3 is 4.90 Å². The summed E-state index contributed by atoms with van der Waals surface area (Å²) in [6, 6.07) is 12.9. The number of nitro benzene ring substituents is 1. The molecule has 0 spiro atoms. The summed E-state index contributed by atoms with van der Waals surface area (Å²) in [7, 11) is -3.59. The van der Waals surface area contributed by atoms with Gasteiger partial charge in [-0.3, -0.25) is 10.1 Å². The molecular weight excluding hydrogens is 378 g/mol. The molecule has 1 heterocycles. The molecule has 1 N–H and O–H groups in total. The standard InChI is InChI=1S/C17H18ClN3O4S/c18-16-3-1-2-4-17(16)26(24,25)20-11-9-19(10-12-20)13-14-5-7-15(8-6-14)21(22)23/h1-8H,9-13H2/p+1. The van der Waals surface area contributed by atoms with Crippen LogP contribution in [0.1, 0.15) is 5.56 Å². The van der Waals surface area contributed by atoms with Crippen molar-refractivity contribution >= 4 is 27.3 Å². The predicted octanol–water partition coefficient (Wildman–Crippen LogP) is 1.34. The molecule has 0 saturated carbocycles. The van der Waals surface area contributed by atoms with Crippen LogP contribution in [0.4, 0.5) is 5.69 Å². The van der Waals surface area contributed by atoms with E-state index in [0.29, 0.717) is 32.7 Å². The number of nitrogens with one attached hydrogen (secondary N) is 1. The molecule has 1 aliphatic heterocycles. The van der Waals surface area contributed by atoms with E-state index in [9.17, 15) is 18.5 Å². The third-order valence-electron chi connectivity index (χ3n) is 4.49. The Morgan fingerprint density at radius 3 is 2.27 bits per heavy atom. The van der Waals surface area contributed by atoms with Crippen molar-refractivity contribution in [2.75, 3.05) is 26.2 Å². The van der Waals surface area contributed by atoms with Crippen LogP contribution in [-0.4, -0.2) is 43.8 Å². The molecule has 0 amide bonds. The lowest BCUT2D eigenvalue weighted by atomic mass is 10.2. The zero-order chi connectivity index (χ0) is 18.7. The van der Waals surface area contributed by atoms with Gasteiger partial charge in [0.05, 0.1) is 36.1 Å². The zero-order valence-electron chi connectivity index (χ0n) is 14.0. The maximum atomic E-state index is 12.7. The molecular formula is C17H19ClN3O4S+. The lowest BCUT2D eigenvalue weighted by Gasteiger charge is -2.31. The molecule has 0 atom stereocenters. The molecule has 9 heteroatoms. The highest BCUT2D eigenvalue weighted by molar-refractivity contribution is 7.89. The van der Waals surface area contributed by atoms with Crippen molar-refractivity contribution in [1.82, 2.24) is 4.31 Å². The van der Waals surface area contributed by atoms with Crippen LogP contribution < -0.4 is 4.90 Å². The summed E-state index contributed by atoms with van der Waals surface area (Å²) in [5.41, 5.74) is 1.06. The summed E-state index contributed by atoms with van der Waals surface area (Å²) in [6.45, 7) is 2.87. The molecule has 1 saturated heterocycles. The van der Waals surface area contributed by atoms with Gasteiger partial charge in [0.1, 0.15) is 11.4 Å². The van der Waals surface area contributed by atoms with Crippen LogP contribution in [0.5, 0.6) is 0 Å². The van der Waals surface area contributed by atoms with Gasteiger partial charge >= 0.3 is 0 Å². The predicted molar refractivity (Wildman–Crippen MR) is 97.7 cm³/mol. The molecule has 2 aromatic carbocycles. The lowest BCUT2D eigenvalue weighted by Crippen LogP contribution is -3.13. The third kappa shape index (κ3) is 4.04. The van der Waals surface area contributed by atoms with Gasteiger partial charge in [-0.25, -0.2) is 8.42 Å². The van der Waals surface area contributed by atoms with Crippen molar-refractivity contribution < 1.29 is 18.2 Å². The Labute approximate surface area is 157 Å². The van der Waals surface area contributed by atoms with Crippen LogP contribution >= 0.6 is 11.6 Å². The maximum absolute atomic E-state index is 12.7. The van der Waals surface area contributed by atoms with Crippen LogP contribution in [-0.2, 0) is 16.6 Å². The van der Waals surface area contributed by atoms with E-state index in [0.717, 1.165) is 5.56 Å². The number of halogens is 1. The number of non-ortho nitro benzene ring substituents is 1. The van der Waals surface area contributed by atoms with Crippen LogP contribution in [0.3, 0.4) is 0 Å². The average molecular weight is 397 g/mol. The molecule has 26 heavy (non-hydrogen) atoms. The number of sulfonamides is 1. The molecule has 0 unspecified atom stereocenters. The first-order valence-electron chi connectivity index (χ1n) is 8.19. The van der Waals surface area contributed by atoms with Gasteiger partial charge in [-0.05, 0) is 24.3 Å². The molecule has 2 aromatic rings. The van der Waals surface area contributed by atoms with Gasteiger partial charge in [-0.1, -0.05) is 23.7 Å². The van der Waals surface area contributed by atoms with E-state index in [-0.39, 0.29) is 15.6 Å². The Bertz CT molecular complexity index is 894. The van der Waals surface area contributed by atoms with Crippen LogP contribution in [0.2, 0.25) is 5.02 Å². The van der Waals surface area contributed by atoms with Crippen molar-refractivity contribution in [3.8, 4) is 0 Å². The van der Waals surface area contributed by atoms with E-state index in [1.54, 1.807) is 30.3 Å². The fourth-order valence-corrected chi connectivity index (χ4v) is 4.97. The highest BCUT2D eigenvalue weighted by Gasteiger charge is 2.31. The molecule has 0 radical (unpaired) electrons. The van der Waals surface area contributed by atoms with Gasteiger partial charge in [0.15, 0.2) is 0 Å². The topological polar surface area (TPSA) is 85.0 Å². The summed E-state index contributed by atoms with van der Waals surface area (Å²) in [4.78, 5) is 11.7. The number of hydrogen-bond acceptors (Lipinski definition) is 4.